The summed E-state index contributed by atoms with van der Waals surface area (Å²) in [7, 11) is 1.93. The van der Waals surface area contributed by atoms with Gasteiger partial charge >= 0.3 is 0 Å². The number of carbonyl (C=O) groups excluding carboxylic acids is 1. The van der Waals surface area contributed by atoms with Gasteiger partial charge in [0.2, 0.25) is 5.91 Å². The number of amides is 1. The van der Waals surface area contributed by atoms with Gasteiger partial charge in [0, 0.05) is 59.6 Å². The fourth-order valence-corrected chi connectivity index (χ4v) is 4.42. The molecule has 0 saturated carbocycles. The molecule has 0 aliphatic rings. The lowest BCUT2D eigenvalue weighted by Gasteiger charge is -2.13. The summed E-state index contributed by atoms with van der Waals surface area (Å²) in [4.78, 5) is 24.6. The van der Waals surface area contributed by atoms with E-state index in [0.717, 1.165) is 50.2 Å². The molecule has 3 heterocycles. The van der Waals surface area contributed by atoms with Crippen LogP contribution in [0.25, 0.3) is 27.9 Å². The first-order valence-electron chi connectivity index (χ1n) is 12.5. The molecule has 8 heteroatoms. The highest BCUT2D eigenvalue weighted by Gasteiger charge is 2.09. The molecule has 0 aliphatic heterocycles. The smallest absolute Gasteiger partial charge is 0.248 e. The maximum absolute atomic E-state index is 12.5. The van der Waals surface area contributed by atoms with Crippen LogP contribution in [0.1, 0.15) is 11.3 Å². The predicted octanol–water partition coefficient (Wildman–Crippen LogP) is 6.95. The Balaban J connectivity index is 1.19. The van der Waals surface area contributed by atoms with E-state index in [0.29, 0.717) is 11.5 Å². The molecule has 6 aromatic rings. The second-order valence-corrected chi connectivity index (χ2v) is 9.25. The average Bonchev–Trinajstić information content (AvgIpc) is 3.57. The molecular formula is C31H26N6O2. The Bertz CT molecular complexity index is 1850. The number of carbonyl (C=O) groups is 1. The van der Waals surface area contributed by atoms with Crippen molar-refractivity contribution < 1.29 is 9.53 Å². The van der Waals surface area contributed by atoms with Gasteiger partial charge in [0.1, 0.15) is 23.6 Å². The Hall–Kier alpha value is -5.37. The normalized spacial score (nSPS) is 11.3. The third kappa shape index (κ3) is 5.21. The topological polar surface area (TPSA) is 96.9 Å². The quantitative estimate of drug-likeness (QED) is 0.200. The van der Waals surface area contributed by atoms with Crippen molar-refractivity contribution in [1.82, 2.24) is 19.5 Å². The molecule has 1 amide bonds. The third-order valence-corrected chi connectivity index (χ3v) is 6.48. The minimum Gasteiger partial charge on any atom is -0.457 e. The molecule has 0 saturated heterocycles. The number of hydrogen-bond acceptors (Lipinski definition) is 5. The number of aromatic nitrogens is 4. The monoisotopic (exact) mass is 514 g/mol. The van der Waals surface area contributed by atoms with Gasteiger partial charge in [-0.2, -0.15) is 0 Å². The average molecular weight is 515 g/mol. The molecule has 8 nitrogen and oxygen atoms in total. The number of rotatable bonds is 7. The molecule has 192 valence electrons. The molecule has 3 N–H and O–H groups in total. The van der Waals surface area contributed by atoms with Crippen molar-refractivity contribution in [2.75, 3.05) is 10.6 Å². The number of benzene rings is 3. The van der Waals surface area contributed by atoms with E-state index in [2.05, 4.69) is 25.6 Å². The van der Waals surface area contributed by atoms with Crippen molar-refractivity contribution in [2.45, 2.75) is 6.92 Å². The van der Waals surface area contributed by atoms with Crippen LogP contribution < -0.4 is 15.4 Å². The SMILES string of the molecule is Cc1cc(Nc2ncnc3ccc(NC(=O)/C=C/c4cccn4C)cc23)ccc1Oc1ccc2cc[nH]c2c1. The Morgan fingerprint density at radius 3 is 2.74 bits per heavy atom. The number of fused-ring (bicyclic) bond motifs is 2. The molecule has 0 bridgehead atoms. The zero-order valence-electron chi connectivity index (χ0n) is 21.5. The maximum Gasteiger partial charge on any atom is 0.248 e. The zero-order valence-corrected chi connectivity index (χ0v) is 21.5. The summed E-state index contributed by atoms with van der Waals surface area (Å²) in [5.41, 5.74) is 5.23. The van der Waals surface area contributed by atoms with E-state index in [-0.39, 0.29) is 5.91 Å². The minimum absolute atomic E-state index is 0.219. The third-order valence-electron chi connectivity index (χ3n) is 6.48. The van der Waals surface area contributed by atoms with Crippen molar-refractivity contribution in [3.05, 3.63) is 109 Å². The van der Waals surface area contributed by atoms with Crippen LogP contribution in [0.5, 0.6) is 11.5 Å². The second kappa shape index (κ2) is 10.2. The standard InChI is InChI=1S/C31H26N6O2/c1-20-16-22(7-11-29(20)39-25-9-5-21-13-14-32-28(21)18-25)36-31-26-17-23(6-10-27(26)33-19-34-31)35-30(38)12-8-24-4-3-15-37(24)2/h3-19,32H,1-2H3,(H,35,38)(H,33,34,36)/b12-8+. The number of aromatic amines is 1. The minimum atomic E-state index is -0.219. The molecule has 39 heavy (non-hydrogen) atoms. The lowest BCUT2D eigenvalue weighted by molar-refractivity contribution is -0.111. The van der Waals surface area contributed by atoms with E-state index in [4.69, 9.17) is 4.74 Å². The molecule has 0 spiro atoms. The fraction of sp³-hybridized carbons (Fsp3) is 0.0645. The predicted molar refractivity (Wildman–Crippen MR) is 155 cm³/mol. The van der Waals surface area contributed by atoms with E-state index in [1.54, 1.807) is 6.08 Å². The number of H-pyrrole nitrogens is 1. The van der Waals surface area contributed by atoms with Gasteiger partial charge < -0.3 is 24.9 Å². The van der Waals surface area contributed by atoms with Crippen LogP contribution >= 0.6 is 0 Å². The molecule has 0 aliphatic carbocycles. The first-order chi connectivity index (χ1) is 19.0. The van der Waals surface area contributed by atoms with Gasteiger partial charge in [0.05, 0.1) is 5.52 Å². The number of ether oxygens (including phenoxy) is 1. The van der Waals surface area contributed by atoms with E-state index in [1.807, 2.05) is 104 Å². The van der Waals surface area contributed by atoms with Gasteiger partial charge in [-0.05, 0) is 90.7 Å². The van der Waals surface area contributed by atoms with Crippen molar-refractivity contribution in [2.24, 2.45) is 7.05 Å². The lowest BCUT2D eigenvalue weighted by atomic mass is 10.1. The Morgan fingerprint density at radius 2 is 1.90 bits per heavy atom. The summed E-state index contributed by atoms with van der Waals surface area (Å²) >= 11 is 0. The van der Waals surface area contributed by atoms with Gasteiger partial charge in [0.25, 0.3) is 0 Å². The number of nitrogens with one attached hydrogen (secondary N) is 3. The van der Waals surface area contributed by atoms with Crippen LogP contribution in [0, 0.1) is 6.92 Å². The lowest BCUT2D eigenvalue weighted by Crippen LogP contribution is -2.08. The molecular weight excluding hydrogens is 488 g/mol. The summed E-state index contributed by atoms with van der Waals surface area (Å²) in [5.74, 6) is 1.96. The highest BCUT2D eigenvalue weighted by Crippen LogP contribution is 2.31. The number of hydrogen-bond donors (Lipinski definition) is 3. The number of nitrogens with zero attached hydrogens (tertiary/aromatic N) is 3. The van der Waals surface area contributed by atoms with Crippen molar-refractivity contribution in [3.8, 4) is 11.5 Å². The van der Waals surface area contributed by atoms with Gasteiger partial charge in [-0.3, -0.25) is 4.79 Å². The van der Waals surface area contributed by atoms with Gasteiger partial charge in [-0.1, -0.05) is 0 Å². The first-order valence-corrected chi connectivity index (χ1v) is 12.5. The maximum atomic E-state index is 12.5. The number of aryl methyl sites for hydroxylation is 2. The molecule has 0 unspecified atom stereocenters. The second-order valence-electron chi connectivity index (χ2n) is 9.25. The molecule has 0 fully saturated rings. The van der Waals surface area contributed by atoms with Gasteiger partial charge in [-0.15, -0.1) is 0 Å². The van der Waals surface area contributed by atoms with Crippen molar-refractivity contribution in [1.29, 1.82) is 0 Å². The van der Waals surface area contributed by atoms with E-state index in [1.165, 1.54) is 12.4 Å². The van der Waals surface area contributed by atoms with E-state index < -0.39 is 0 Å². The summed E-state index contributed by atoms with van der Waals surface area (Å²) in [6.45, 7) is 2.00. The van der Waals surface area contributed by atoms with Crippen molar-refractivity contribution in [3.63, 3.8) is 0 Å². The Morgan fingerprint density at radius 1 is 1.00 bits per heavy atom. The van der Waals surface area contributed by atoms with Crippen LogP contribution in [0.3, 0.4) is 0 Å². The largest absolute Gasteiger partial charge is 0.457 e. The summed E-state index contributed by atoms with van der Waals surface area (Å²) in [5, 5.41) is 8.24. The van der Waals surface area contributed by atoms with E-state index in [9.17, 15) is 4.79 Å². The summed E-state index contributed by atoms with van der Waals surface area (Å²) < 4.78 is 8.09. The zero-order chi connectivity index (χ0) is 26.8. The summed E-state index contributed by atoms with van der Waals surface area (Å²) in [6, 6.07) is 23.3. The molecule has 0 radical (unpaired) electrons. The Labute approximate surface area is 225 Å². The van der Waals surface area contributed by atoms with Crippen LogP contribution in [-0.4, -0.2) is 25.4 Å². The van der Waals surface area contributed by atoms with Crippen LogP contribution in [-0.2, 0) is 11.8 Å². The molecule has 6 rings (SSSR count). The van der Waals surface area contributed by atoms with Crippen LogP contribution in [0.2, 0.25) is 0 Å². The number of anilines is 3. The highest BCUT2D eigenvalue weighted by atomic mass is 16.5. The van der Waals surface area contributed by atoms with Crippen LogP contribution in [0.15, 0.2) is 97.6 Å². The first kappa shape index (κ1) is 24.0. The summed E-state index contributed by atoms with van der Waals surface area (Å²) in [6.07, 6.45) is 8.66. The van der Waals surface area contributed by atoms with Gasteiger partial charge in [0.15, 0.2) is 0 Å². The molecule has 3 aromatic carbocycles. The highest BCUT2D eigenvalue weighted by molar-refractivity contribution is 6.03. The molecule has 3 aromatic heterocycles. The fourth-order valence-electron chi connectivity index (χ4n) is 4.42. The van der Waals surface area contributed by atoms with Crippen molar-refractivity contribution >= 4 is 51.0 Å². The van der Waals surface area contributed by atoms with Gasteiger partial charge in [-0.25, -0.2) is 9.97 Å². The van der Waals surface area contributed by atoms with E-state index >= 15 is 0 Å². The Kier molecular flexibility index (Phi) is 6.26. The van der Waals surface area contributed by atoms with Crippen LogP contribution in [0.4, 0.5) is 17.2 Å². The molecule has 0 atom stereocenters.